The third kappa shape index (κ3) is 4.12. The number of nitrogens with zero attached hydrogens (tertiary/aromatic N) is 1. The second-order valence-electron chi connectivity index (χ2n) is 4.90. The zero-order valence-corrected chi connectivity index (χ0v) is 13.1. The molecule has 10 nitrogen and oxygen atoms in total. The molecule has 0 saturated carbocycles. The Bertz CT molecular complexity index is 627. The van der Waals surface area contributed by atoms with Gasteiger partial charge in [0.25, 0.3) is 12.1 Å². The van der Waals surface area contributed by atoms with Crippen LogP contribution in [0.2, 0.25) is 0 Å². The van der Waals surface area contributed by atoms with Crippen molar-refractivity contribution in [3.05, 3.63) is 30.1 Å². The van der Waals surface area contributed by atoms with Gasteiger partial charge < -0.3 is 25.6 Å². The van der Waals surface area contributed by atoms with Crippen molar-refractivity contribution in [3.8, 4) is 0 Å². The van der Waals surface area contributed by atoms with E-state index >= 15 is 0 Å². The molecule has 1 aromatic rings. The predicted octanol–water partition coefficient (Wildman–Crippen LogP) is -1.54. The molecule has 128 valence electrons. The number of nitrogens with two attached hydrogens (primary N) is 1. The third-order valence-electron chi connectivity index (χ3n) is 3.37. The molecule has 1 aromatic heterocycles. The van der Waals surface area contributed by atoms with Gasteiger partial charge in [0.05, 0.1) is 6.61 Å². The van der Waals surface area contributed by atoms with Gasteiger partial charge in [0.1, 0.15) is 17.8 Å². The Morgan fingerprint density at radius 1 is 1.48 bits per heavy atom. The number of hydrogen-bond donors (Lipinski definition) is 4. The Balaban J connectivity index is 2.12. The molecule has 23 heavy (non-hydrogen) atoms. The lowest BCUT2D eigenvalue weighted by atomic mass is 10.1. The number of pyridine rings is 1. The number of phosphoric acid groups is 1. The minimum absolute atomic E-state index is 0.191. The summed E-state index contributed by atoms with van der Waals surface area (Å²) in [6.45, 7) is -0.466. The zero-order chi connectivity index (χ0) is 17.2. The van der Waals surface area contributed by atoms with Gasteiger partial charge in [0.2, 0.25) is 0 Å². The van der Waals surface area contributed by atoms with E-state index in [0.717, 1.165) is 7.11 Å². The van der Waals surface area contributed by atoms with Gasteiger partial charge >= 0.3 is 7.82 Å². The first-order chi connectivity index (χ1) is 10.7. The fourth-order valence-corrected chi connectivity index (χ4v) is 2.57. The van der Waals surface area contributed by atoms with Crippen LogP contribution in [0.1, 0.15) is 16.6 Å². The lowest BCUT2D eigenvalue weighted by Crippen LogP contribution is -2.46. The van der Waals surface area contributed by atoms with Crippen LogP contribution >= 0.6 is 7.82 Å². The van der Waals surface area contributed by atoms with Crippen LogP contribution < -0.4 is 10.3 Å². The highest BCUT2D eigenvalue weighted by Gasteiger charge is 2.49. The van der Waals surface area contributed by atoms with Crippen molar-refractivity contribution in [1.82, 2.24) is 0 Å². The van der Waals surface area contributed by atoms with E-state index < -0.39 is 44.9 Å². The maximum absolute atomic E-state index is 11.3. The molecule has 1 saturated heterocycles. The number of aliphatic hydroxyl groups excluding tert-OH is 2. The molecule has 1 fully saturated rings. The number of amides is 1. The summed E-state index contributed by atoms with van der Waals surface area (Å²) in [6, 6.07) is 3.01. The Hall–Kier alpha value is -1.39. The highest BCUT2D eigenvalue weighted by molar-refractivity contribution is 7.47. The molecule has 5 N–H and O–H groups in total. The topological polar surface area (TPSA) is 152 Å². The van der Waals surface area contributed by atoms with E-state index in [9.17, 15) is 24.5 Å². The Morgan fingerprint density at radius 2 is 2.17 bits per heavy atom. The SMILES string of the molecule is COP(=O)(O)OC[C@H]1OC([n+]2cccc(C(N)=O)c2)[C@H](O)[C@@H]1O. The van der Waals surface area contributed by atoms with E-state index in [1.165, 1.54) is 29.1 Å². The Labute approximate surface area is 131 Å². The van der Waals surface area contributed by atoms with Crippen molar-refractivity contribution < 1.29 is 42.8 Å². The van der Waals surface area contributed by atoms with Crippen molar-refractivity contribution in [3.63, 3.8) is 0 Å². The summed E-state index contributed by atoms with van der Waals surface area (Å²) >= 11 is 0. The van der Waals surface area contributed by atoms with E-state index in [-0.39, 0.29) is 5.56 Å². The minimum atomic E-state index is -4.23. The van der Waals surface area contributed by atoms with Crippen molar-refractivity contribution in [2.45, 2.75) is 24.5 Å². The maximum Gasteiger partial charge on any atom is 0.472 e. The molecule has 2 unspecified atom stereocenters. The third-order valence-corrected chi connectivity index (χ3v) is 4.31. The van der Waals surface area contributed by atoms with E-state index in [2.05, 4.69) is 9.05 Å². The van der Waals surface area contributed by atoms with Crippen LogP contribution in [-0.4, -0.2) is 53.0 Å². The van der Waals surface area contributed by atoms with Crippen LogP contribution in [0.15, 0.2) is 24.5 Å². The fourth-order valence-electron chi connectivity index (χ4n) is 2.13. The molecule has 0 radical (unpaired) electrons. The Morgan fingerprint density at radius 3 is 2.78 bits per heavy atom. The number of rotatable bonds is 6. The second-order valence-corrected chi connectivity index (χ2v) is 6.46. The molecule has 0 aromatic carbocycles. The van der Waals surface area contributed by atoms with Crippen LogP contribution in [-0.2, 0) is 18.3 Å². The number of phosphoric ester groups is 1. The summed E-state index contributed by atoms with van der Waals surface area (Å²) in [6.07, 6.45) is -1.89. The quantitative estimate of drug-likeness (QED) is 0.356. The van der Waals surface area contributed by atoms with Crippen molar-refractivity contribution in [2.75, 3.05) is 13.7 Å². The molecular weight excluding hydrogens is 331 g/mol. The Kier molecular flexibility index (Phi) is 5.48. The van der Waals surface area contributed by atoms with Crippen LogP contribution in [0, 0.1) is 0 Å². The van der Waals surface area contributed by atoms with Crippen LogP contribution in [0.3, 0.4) is 0 Å². The van der Waals surface area contributed by atoms with Gasteiger partial charge in [-0.1, -0.05) is 0 Å². The van der Waals surface area contributed by atoms with E-state index in [1.54, 1.807) is 0 Å². The molecule has 0 spiro atoms. The highest BCUT2D eigenvalue weighted by Crippen LogP contribution is 2.42. The van der Waals surface area contributed by atoms with Gasteiger partial charge in [-0.05, 0) is 6.07 Å². The monoisotopic (exact) mass is 349 g/mol. The molecule has 0 bridgehead atoms. The standard InChI is InChI=1S/C12H17N2O8P/c1-20-23(18,19)21-6-8-9(15)10(16)12(22-8)14-4-2-3-7(5-14)11(13)17/h2-5,8-10,12,15-16H,6H2,1H3,(H2-,13,17,18,19)/p+1/t8-,9-,10-,12?/m1/s1. The lowest BCUT2D eigenvalue weighted by Gasteiger charge is -2.15. The molecular formula is C12H18N2O8P+. The number of aromatic nitrogens is 1. The van der Waals surface area contributed by atoms with Crippen molar-refractivity contribution >= 4 is 13.7 Å². The number of carbonyl (C=O) groups excluding carboxylic acids is 1. The summed E-state index contributed by atoms with van der Waals surface area (Å²) in [7, 11) is -3.23. The fraction of sp³-hybridized carbons (Fsp3) is 0.500. The van der Waals surface area contributed by atoms with E-state index in [0.29, 0.717) is 0 Å². The minimum Gasteiger partial charge on any atom is -0.387 e. The number of ether oxygens (including phenoxy) is 1. The molecule has 0 aliphatic carbocycles. The molecule has 1 amide bonds. The van der Waals surface area contributed by atoms with Gasteiger partial charge in [-0.3, -0.25) is 13.8 Å². The van der Waals surface area contributed by atoms with Crippen LogP contribution in [0.25, 0.3) is 0 Å². The van der Waals surface area contributed by atoms with Gasteiger partial charge in [0.15, 0.2) is 18.5 Å². The molecule has 1 aliphatic heterocycles. The molecule has 11 heteroatoms. The second kappa shape index (κ2) is 7.02. The average Bonchev–Trinajstić information content (AvgIpc) is 2.81. The summed E-state index contributed by atoms with van der Waals surface area (Å²) in [5.74, 6) is -0.659. The van der Waals surface area contributed by atoms with E-state index in [4.69, 9.17) is 10.5 Å². The number of aliphatic hydroxyl groups is 2. The largest absolute Gasteiger partial charge is 0.472 e. The molecule has 2 rings (SSSR count). The predicted molar refractivity (Wildman–Crippen MR) is 73.9 cm³/mol. The van der Waals surface area contributed by atoms with Gasteiger partial charge in [0, 0.05) is 13.2 Å². The van der Waals surface area contributed by atoms with Crippen LogP contribution in [0.4, 0.5) is 0 Å². The number of primary amides is 1. The van der Waals surface area contributed by atoms with Gasteiger partial charge in [-0.25, -0.2) is 4.57 Å². The molecule has 5 atom stereocenters. The summed E-state index contributed by atoms with van der Waals surface area (Å²) in [4.78, 5) is 20.4. The first kappa shape index (κ1) is 18.0. The summed E-state index contributed by atoms with van der Waals surface area (Å²) < 4.78 is 26.9. The number of hydrogen-bond acceptors (Lipinski definition) is 7. The maximum atomic E-state index is 11.3. The van der Waals surface area contributed by atoms with Gasteiger partial charge in [-0.15, -0.1) is 0 Å². The molecule has 2 heterocycles. The first-order valence-electron chi connectivity index (χ1n) is 6.60. The van der Waals surface area contributed by atoms with Gasteiger partial charge in [-0.2, -0.15) is 4.57 Å². The summed E-state index contributed by atoms with van der Waals surface area (Å²) in [5, 5.41) is 20.0. The summed E-state index contributed by atoms with van der Waals surface area (Å²) in [5.41, 5.74) is 5.38. The van der Waals surface area contributed by atoms with Crippen LogP contribution in [0.5, 0.6) is 0 Å². The van der Waals surface area contributed by atoms with E-state index in [1.807, 2.05) is 0 Å². The smallest absolute Gasteiger partial charge is 0.387 e. The normalized spacial score (nSPS) is 30.1. The lowest BCUT2D eigenvalue weighted by molar-refractivity contribution is -0.765. The van der Waals surface area contributed by atoms with Crippen molar-refractivity contribution in [2.24, 2.45) is 5.73 Å². The van der Waals surface area contributed by atoms with Crippen molar-refractivity contribution in [1.29, 1.82) is 0 Å². The zero-order valence-electron chi connectivity index (χ0n) is 12.2. The number of carbonyl (C=O) groups is 1. The first-order valence-corrected chi connectivity index (χ1v) is 8.10. The molecule has 1 aliphatic rings. The highest BCUT2D eigenvalue weighted by atomic mass is 31.2. The average molecular weight is 349 g/mol.